The van der Waals surface area contributed by atoms with Crippen molar-refractivity contribution in [2.24, 2.45) is 5.10 Å². The van der Waals surface area contributed by atoms with E-state index in [1.165, 1.54) is 5.01 Å². The van der Waals surface area contributed by atoms with Gasteiger partial charge in [0.2, 0.25) is 5.91 Å². The predicted octanol–water partition coefficient (Wildman–Crippen LogP) is 3.45. The number of amides is 1. The van der Waals surface area contributed by atoms with Gasteiger partial charge in [-0.1, -0.05) is 11.6 Å². The molecule has 6 heteroatoms. The van der Waals surface area contributed by atoms with Crippen molar-refractivity contribution in [3.8, 4) is 11.5 Å². The van der Waals surface area contributed by atoms with Crippen molar-refractivity contribution in [1.29, 1.82) is 0 Å². The molecule has 2 aromatic carbocycles. The Hall–Kier alpha value is -2.37. The van der Waals surface area contributed by atoms with Gasteiger partial charge in [0, 0.05) is 17.9 Å². The van der Waals surface area contributed by atoms with E-state index in [2.05, 4.69) is 5.10 Å². The lowest BCUT2D eigenvalue weighted by atomic mass is 10.0. The summed E-state index contributed by atoms with van der Waals surface area (Å²) in [5, 5.41) is 15.3. The highest BCUT2D eigenvalue weighted by Gasteiger charge is 2.20. The van der Waals surface area contributed by atoms with Crippen molar-refractivity contribution in [1.82, 2.24) is 5.01 Å². The van der Waals surface area contributed by atoms with E-state index < -0.39 is 0 Å². The molecular weight excluding hydrogens is 328 g/mol. The second-order valence-electron chi connectivity index (χ2n) is 5.37. The van der Waals surface area contributed by atoms with E-state index in [1.807, 2.05) is 24.3 Å². The van der Waals surface area contributed by atoms with Gasteiger partial charge in [-0.2, -0.15) is 5.10 Å². The average molecular weight is 345 g/mol. The molecule has 0 bridgehead atoms. The fourth-order valence-corrected chi connectivity index (χ4v) is 2.56. The molecule has 1 amide bonds. The van der Waals surface area contributed by atoms with Crippen LogP contribution in [0, 0.1) is 0 Å². The Kier molecular flexibility index (Phi) is 5.13. The minimum Gasteiger partial charge on any atom is -0.457 e. The third-order valence-electron chi connectivity index (χ3n) is 3.65. The number of hydrazone groups is 1. The molecule has 1 N–H and O–H groups in total. The van der Waals surface area contributed by atoms with Gasteiger partial charge in [-0.15, -0.1) is 0 Å². The van der Waals surface area contributed by atoms with Crippen molar-refractivity contribution in [2.75, 3.05) is 13.2 Å². The molecule has 0 aromatic heterocycles. The lowest BCUT2D eigenvalue weighted by Crippen LogP contribution is -2.34. The van der Waals surface area contributed by atoms with Crippen LogP contribution in [0.3, 0.4) is 0 Å². The fourth-order valence-electron chi connectivity index (χ4n) is 2.43. The second-order valence-corrected chi connectivity index (χ2v) is 5.80. The quantitative estimate of drug-likeness (QED) is 0.903. The molecule has 0 unspecified atom stereocenters. The number of ether oxygens (including phenoxy) is 1. The normalized spacial score (nSPS) is 14.5. The zero-order chi connectivity index (χ0) is 16.9. The molecule has 1 heterocycles. The van der Waals surface area contributed by atoms with Gasteiger partial charge in [0.1, 0.15) is 11.5 Å². The van der Waals surface area contributed by atoms with Crippen LogP contribution in [0.25, 0.3) is 0 Å². The summed E-state index contributed by atoms with van der Waals surface area (Å²) in [4.78, 5) is 11.7. The number of halogens is 1. The van der Waals surface area contributed by atoms with Crippen LogP contribution in [0.2, 0.25) is 5.02 Å². The molecule has 2 aromatic rings. The van der Waals surface area contributed by atoms with Crippen LogP contribution in [-0.4, -0.2) is 34.9 Å². The first-order valence-corrected chi connectivity index (χ1v) is 8.06. The third-order valence-corrected chi connectivity index (χ3v) is 3.91. The van der Waals surface area contributed by atoms with Crippen LogP contribution >= 0.6 is 11.6 Å². The molecular formula is C18H17ClN2O3. The number of nitrogens with zero attached hydrogens (tertiary/aromatic N) is 2. The molecule has 0 saturated carbocycles. The van der Waals surface area contributed by atoms with Crippen molar-refractivity contribution < 1.29 is 14.6 Å². The minimum atomic E-state index is -0.101. The van der Waals surface area contributed by atoms with E-state index in [0.717, 1.165) is 11.3 Å². The lowest BCUT2D eigenvalue weighted by molar-refractivity contribution is -0.132. The highest BCUT2D eigenvalue weighted by atomic mass is 35.5. The Bertz CT molecular complexity index is 742. The van der Waals surface area contributed by atoms with Crippen LogP contribution in [0.15, 0.2) is 53.6 Å². The summed E-state index contributed by atoms with van der Waals surface area (Å²) in [5.74, 6) is 1.36. The Morgan fingerprint density at radius 3 is 2.29 bits per heavy atom. The number of aliphatic hydroxyl groups is 1. The van der Waals surface area contributed by atoms with Crippen LogP contribution in [0.1, 0.15) is 18.4 Å². The molecule has 0 aliphatic carbocycles. The monoisotopic (exact) mass is 344 g/mol. The molecule has 5 nitrogen and oxygen atoms in total. The zero-order valence-electron chi connectivity index (χ0n) is 13.0. The number of rotatable bonds is 5. The highest BCUT2D eigenvalue weighted by molar-refractivity contribution is 6.30. The number of benzene rings is 2. The maximum absolute atomic E-state index is 11.7. The summed E-state index contributed by atoms with van der Waals surface area (Å²) >= 11 is 5.85. The predicted molar refractivity (Wildman–Crippen MR) is 92.5 cm³/mol. The zero-order valence-corrected chi connectivity index (χ0v) is 13.7. The van der Waals surface area contributed by atoms with E-state index in [-0.39, 0.29) is 19.1 Å². The minimum absolute atomic E-state index is 0.0597. The summed E-state index contributed by atoms with van der Waals surface area (Å²) in [6.07, 6.45) is 1.00. The maximum Gasteiger partial charge on any atom is 0.243 e. The average Bonchev–Trinajstić information content (AvgIpc) is 2.60. The molecule has 124 valence electrons. The Labute approximate surface area is 145 Å². The maximum atomic E-state index is 11.7. The molecule has 0 radical (unpaired) electrons. The van der Waals surface area contributed by atoms with Gasteiger partial charge in [0.05, 0.1) is 18.9 Å². The molecule has 1 aliphatic rings. The van der Waals surface area contributed by atoms with Gasteiger partial charge in [-0.25, -0.2) is 5.01 Å². The summed E-state index contributed by atoms with van der Waals surface area (Å²) in [5.41, 5.74) is 1.77. The van der Waals surface area contributed by atoms with Gasteiger partial charge < -0.3 is 9.84 Å². The van der Waals surface area contributed by atoms with Crippen molar-refractivity contribution in [3.63, 3.8) is 0 Å². The first-order valence-electron chi connectivity index (χ1n) is 7.68. The summed E-state index contributed by atoms with van der Waals surface area (Å²) < 4.78 is 5.76. The molecule has 0 fully saturated rings. The summed E-state index contributed by atoms with van der Waals surface area (Å²) in [7, 11) is 0. The number of aliphatic hydroxyl groups excluding tert-OH is 1. The van der Waals surface area contributed by atoms with Crippen LogP contribution in [-0.2, 0) is 4.79 Å². The number of carbonyl (C=O) groups is 1. The first kappa shape index (κ1) is 16.5. The molecule has 0 atom stereocenters. The SMILES string of the molecule is O=C1CCC(c2ccc(Oc3ccc(Cl)cc3)cc2)=NN1CCO. The largest absolute Gasteiger partial charge is 0.457 e. The highest BCUT2D eigenvalue weighted by Crippen LogP contribution is 2.24. The molecule has 3 rings (SSSR count). The van der Waals surface area contributed by atoms with Gasteiger partial charge in [-0.05, 0) is 54.1 Å². The fraction of sp³-hybridized carbons (Fsp3) is 0.222. The third kappa shape index (κ3) is 3.93. The van der Waals surface area contributed by atoms with Crippen LogP contribution < -0.4 is 4.74 Å². The Balaban J connectivity index is 1.73. The van der Waals surface area contributed by atoms with E-state index in [9.17, 15) is 4.79 Å². The van der Waals surface area contributed by atoms with Crippen LogP contribution in [0.5, 0.6) is 11.5 Å². The van der Waals surface area contributed by atoms with Gasteiger partial charge in [0.15, 0.2) is 0 Å². The number of carbonyl (C=O) groups excluding carboxylic acids is 1. The van der Waals surface area contributed by atoms with Crippen molar-refractivity contribution in [3.05, 3.63) is 59.1 Å². The molecule has 1 aliphatic heterocycles. The summed E-state index contributed by atoms with van der Waals surface area (Å²) in [6, 6.07) is 14.7. The topological polar surface area (TPSA) is 62.1 Å². The second kappa shape index (κ2) is 7.47. The van der Waals surface area contributed by atoms with E-state index in [4.69, 9.17) is 21.4 Å². The number of hydrogen-bond donors (Lipinski definition) is 1. The van der Waals surface area contributed by atoms with Gasteiger partial charge in [0.25, 0.3) is 0 Å². The smallest absolute Gasteiger partial charge is 0.243 e. The van der Waals surface area contributed by atoms with E-state index in [0.29, 0.717) is 29.4 Å². The standard InChI is InChI=1S/C18H17ClN2O3/c19-14-3-7-16(8-4-14)24-15-5-1-13(2-6-15)17-9-10-18(23)21(20-17)11-12-22/h1-8,22H,9-12H2. The molecule has 24 heavy (non-hydrogen) atoms. The summed E-state index contributed by atoms with van der Waals surface area (Å²) in [6.45, 7) is 0.122. The number of hydrogen-bond acceptors (Lipinski definition) is 4. The molecule has 0 spiro atoms. The van der Waals surface area contributed by atoms with E-state index >= 15 is 0 Å². The van der Waals surface area contributed by atoms with Crippen molar-refractivity contribution in [2.45, 2.75) is 12.8 Å². The van der Waals surface area contributed by atoms with Crippen LogP contribution in [0.4, 0.5) is 0 Å². The number of β-amino-alcohol motifs (C(OH)–C–C–N with tert-alkyl or cyclic N) is 1. The Morgan fingerprint density at radius 2 is 1.67 bits per heavy atom. The van der Waals surface area contributed by atoms with Gasteiger partial charge >= 0.3 is 0 Å². The van der Waals surface area contributed by atoms with E-state index in [1.54, 1.807) is 24.3 Å². The lowest BCUT2D eigenvalue weighted by Gasteiger charge is -2.22. The molecule has 0 saturated heterocycles. The van der Waals surface area contributed by atoms with Gasteiger partial charge in [-0.3, -0.25) is 4.79 Å². The van der Waals surface area contributed by atoms with Crippen molar-refractivity contribution >= 4 is 23.2 Å². The first-order chi connectivity index (χ1) is 11.7. The Morgan fingerprint density at radius 1 is 1.04 bits per heavy atom.